The summed E-state index contributed by atoms with van der Waals surface area (Å²) in [4.78, 5) is 15.1. The van der Waals surface area contributed by atoms with Crippen molar-refractivity contribution in [2.75, 3.05) is 0 Å². The van der Waals surface area contributed by atoms with Crippen molar-refractivity contribution in [2.45, 2.75) is 33.1 Å². The van der Waals surface area contributed by atoms with Gasteiger partial charge in [0, 0.05) is 33.5 Å². The fraction of sp³-hybridized carbons (Fsp3) is 0.100. The van der Waals surface area contributed by atoms with Crippen LogP contribution in [0, 0.1) is 13.8 Å². The van der Waals surface area contributed by atoms with Gasteiger partial charge in [0.05, 0.1) is 11.4 Å². The lowest BCUT2D eigenvalue weighted by Gasteiger charge is -2.21. The summed E-state index contributed by atoms with van der Waals surface area (Å²) in [7, 11) is 0. The first-order valence-electron chi connectivity index (χ1n) is 18.3. The maximum absolute atomic E-state index is 5.24. The third-order valence-electron chi connectivity index (χ3n) is 10.6. The highest BCUT2D eigenvalue weighted by Gasteiger charge is 2.35. The van der Waals surface area contributed by atoms with Gasteiger partial charge in [-0.25, -0.2) is 9.97 Å². The smallest absolute Gasteiger partial charge is 0.160 e. The van der Waals surface area contributed by atoms with Crippen LogP contribution in [0.15, 0.2) is 164 Å². The molecule has 0 fully saturated rings. The molecule has 9 rings (SSSR count). The number of fused-ring (bicyclic) bond motifs is 3. The molecule has 0 bridgehead atoms. The molecular weight excluding hydrogens is 643 g/mol. The summed E-state index contributed by atoms with van der Waals surface area (Å²) in [6.45, 7) is 8.77. The third kappa shape index (κ3) is 6.04. The van der Waals surface area contributed by atoms with Crippen molar-refractivity contribution in [1.29, 1.82) is 0 Å². The number of aryl methyl sites for hydroxylation is 2. The lowest BCUT2D eigenvalue weighted by atomic mass is 9.82. The van der Waals surface area contributed by atoms with E-state index in [-0.39, 0.29) is 5.41 Å². The molecule has 0 radical (unpaired) electrons. The summed E-state index contributed by atoms with van der Waals surface area (Å²) in [6.07, 6.45) is 0. The first-order valence-corrected chi connectivity index (χ1v) is 18.3. The summed E-state index contributed by atoms with van der Waals surface area (Å²) >= 11 is 0. The molecule has 1 aliphatic carbocycles. The number of hydrogen-bond acceptors (Lipinski definition) is 3. The van der Waals surface area contributed by atoms with Crippen LogP contribution in [0.2, 0.25) is 0 Å². The predicted molar refractivity (Wildman–Crippen MR) is 219 cm³/mol. The molecule has 0 N–H and O–H groups in total. The summed E-state index contributed by atoms with van der Waals surface area (Å²) in [5.74, 6) is 0.692. The van der Waals surface area contributed by atoms with Crippen molar-refractivity contribution in [1.82, 2.24) is 15.0 Å². The van der Waals surface area contributed by atoms with Gasteiger partial charge in [-0.05, 0) is 118 Å². The Balaban J connectivity index is 1.26. The molecule has 2 heterocycles. The van der Waals surface area contributed by atoms with E-state index >= 15 is 0 Å². The van der Waals surface area contributed by atoms with E-state index in [4.69, 9.17) is 9.97 Å². The molecule has 3 heteroatoms. The fourth-order valence-corrected chi connectivity index (χ4v) is 7.96. The molecule has 0 unspecified atom stereocenters. The van der Waals surface area contributed by atoms with E-state index in [1.54, 1.807) is 0 Å². The molecule has 0 saturated carbocycles. The molecular formula is C50H39N3. The first kappa shape index (κ1) is 32.5. The summed E-state index contributed by atoms with van der Waals surface area (Å²) in [5, 5.41) is 0. The van der Waals surface area contributed by atoms with Gasteiger partial charge in [-0.15, -0.1) is 0 Å². The highest BCUT2D eigenvalue weighted by molar-refractivity contribution is 5.87. The van der Waals surface area contributed by atoms with E-state index in [1.165, 1.54) is 33.4 Å². The van der Waals surface area contributed by atoms with Gasteiger partial charge in [0.2, 0.25) is 0 Å². The lowest BCUT2D eigenvalue weighted by Crippen LogP contribution is -2.14. The Kier molecular flexibility index (Phi) is 7.93. The molecule has 254 valence electrons. The highest BCUT2D eigenvalue weighted by atomic mass is 14.9. The molecule has 1 aliphatic rings. The van der Waals surface area contributed by atoms with Crippen molar-refractivity contribution in [3.8, 4) is 78.4 Å². The summed E-state index contributed by atoms with van der Waals surface area (Å²) in [5.41, 5.74) is 19.0. The van der Waals surface area contributed by atoms with E-state index in [2.05, 4.69) is 184 Å². The Hall–Kier alpha value is -6.45. The van der Waals surface area contributed by atoms with Crippen LogP contribution in [0.25, 0.3) is 78.4 Å². The maximum Gasteiger partial charge on any atom is 0.160 e. The van der Waals surface area contributed by atoms with Crippen LogP contribution in [-0.4, -0.2) is 15.0 Å². The molecule has 6 aromatic carbocycles. The number of nitrogens with zero attached hydrogens (tertiary/aromatic N) is 3. The fourth-order valence-electron chi connectivity index (χ4n) is 7.96. The average Bonchev–Trinajstić information content (AvgIpc) is 3.43. The van der Waals surface area contributed by atoms with Gasteiger partial charge in [-0.3, -0.25) is 4.98 Å². The molecule has 3 nitrogen and oxygen atoms in total. The SMILES string of the molecule is Cc1cc(-c2cccc(-c3cc(-c4ccc5c(c4)-c4ccccc4C5(C)C)cc(-c4nc(-c5ccccc5)cc(-c5ccccc5)n4)c3)c2)cc(C)n1. The minimum Gasteiger partial charge on any atom is -0.258 e. The van der Waals surface area contributed by atoms with Gasteiger partial charge in [-0.2, -0.15) is 0 Å². The average molecular weight is 682 g/mol. The van der Waals surface area contributed by atoms with Crippen LogP contribution >= 0.6 is 0 Å². The number of pyridine rings is 1. The van der Waals surface area contributed by atoms with Crippen LogP contribution in [0.5, 0.6) is 0 Å². The Labute approximate surface area is 311 Å². The second-order valence-electron chi connectivity index (χ2n) is 14.6. The largest absolute Gasteiger partial charge is 0.258 e. The molecule has 0 amide bonds. The van der Waals surface area contributed by atoms with Crippen molar-refractivity contribution >= 4 is 0 Å². The van der Waals surface area contributed by atoms with Crippen LogP contribution in [-0.2, 0) is 5.41 Å². The molecule has 0 saturated heterocycles. The zero-order valence-electron chi connectivity index (χ0n) is 30.4. The van der Waals surface area contributed by atoms with Gasteiger partial charge < -0.3 is 0 Å². The van der Waals surface area contributed by atoms with E-state index in [1.807, 2.05) is 12.1 Å². The second-order valence-corrected chi connectivity index (χ2v) is 14.6. The third-order valence-corrected chi connectivity index (χ3v) is 10.6. The van der Waals surface area contributed by atoms with Crippen LogP contribution in [0.1, 0.15) is 36.4 Å². The minimum atomic E-state index is -0.0544. The number of benzene rings is 6. The number of rotatable bonds is 6. The molecule has 0 spiro atoms. The highest BCUT2D eigenvalue weighted by Crippen LogP contribution is 2.49. The van der Waals surface area contributed by atoms with Crippen molar-refractivity contribution in [3.05, 3.63) is 186 Å². The quantitative estimate of drug-likeness (QED) is 0.175. The standard InChI is InChI=1S/C50H39N3/c1-32-24-39(25-33(2)51-32)36-18-13-19-37(26-36)40-27-41(38-22-23-46-44(30-38)43-20-11-12-21-45(43)50(46,3)4)29-42(28-40)49-52-47(34-14-7-5-8-15-34)31-48(53-49)35-16-9-6-10-17-35/h5-31H,1-4H3. The summed E-state index contributed by atoms with van der Waals surface area (Å²) in [6, 6.07) is 58.6. The molecule has 0 aliphatic heterocycles. The predicted octanol–water partition coefficient (Wildman–Crippen LogP) is 12.8. The first-order chi connectivity index (χ1) is 25.8. The van der Waals surface area contributed by atoms with E-state index in [0.29, 0.717) is 5.82 Å². The lowest BCUT2D eigenvalue weighted by molar-refractivity contribution is 0.660. The van der Waals surface area contributed by atoms with Gasteiger partial charge in [-0.1, -0.05) is 129 Å². The van der Waals surface area contributed by atoms with Gasteiger partial charge in [0.1, 0.15) is 0 Å². The van der Waals surface area contributed by atoms with Crippen molar-refractivity contribution in [3.63, 3.8) is 0 Å². The Morgan fingerprint density at radius 2 is 0.811 bits per heavy atom. The Bertz CT molecular complexity index is 2580. The van der Waals surface area contributed by atoms with Crippen LogP contribution in [0.4, 0.5) is 0 Å². The normalized spacial score (nSPS) is 12.7. The van der Waals surface area contributed by atoms with Crippen molar-refractivity contribution in [2.24, 2.45) is 0 Å². The van der Waals surface area contributed by atoms with Gasteiger partial charge in [0.25, 0.3) is 0 Å². The van der Waals surface area contributed by atoms with E-state index < -0.39 is 0 Å². The second kappa shape index (κ2) is 13.0. The van der Waals surface area contributed by atoms with Gasteiger partial charge in [0.15, 0.2) is 5.82 Å². The monoisotopic (exact) mass is 681 g/mol. The zero-order valence-corrected chi connectivity index (χ0v) is 30.4. The molecule has 2 aromatic heterocycles. The van der Waals surface area contributed by atoms with Crippen LogP contribution < -0.4 is 0 Å². The molecule has 8 aromatic rings. The zero-order chi connectivity index (χ0) is 36.1. The molecule has 53 heavy (non-hydrogen) atoms. The minimum absolute atomic E-state index is 0.0544. The summed E-state index contributed by atoms with van der Waals surface area (Å²) < 4.78 is 0. The van der Waals surface area contributed by atoms with E-state index in [0.717, 1.165) is 61.7 Å². The number of aromatic nitrogens is 3. The van der Waals surface area contributed by atoms with Gasteiger partial charge >= 0.3 is 0 Å². The maximum atomic E-state index is 5.24. The van der Waals surface area contributed by atoms with Crippen molar-refractivity contribution < 1.29 is 0 Å². The molecule has 0 atom stereocenters. The Morgan fingerprint density at radius 3 is 1.43 bits per heavy atom. The number of hydrogen-bond donors (Lipinski definition) is 0. The van der Waals surface area contributed by atoms with Crippen LogP contribution in [0.3, 0.4) is 0 Å². The van der Waals surface area contributed by atoms with E-state index in [9.17, 15) is 0 Å². The Morgan fingerprint density at radius 1 is 0.340 bits per heavy atom. The topological polar surface area (TPSA) is 38.7 Å².